The summed E-state index contributed by atoms with van der Waals surface area (Å²) >= 11 is 0. The standard InChI is InChI=1S/C11H15N3O3/c1-8(9-3-2-5-12-7-9)14-11(17)13-6-4-10(15)16/h2-3,5,7-8H,4,6H2,1H3,(H,15,16)(H2,13,14,17). The number of carbonyl (C=O) groups is 2. The Morgan fingerprint density at radius 3 is 2.88 bits per heavy atom. The zero-order chi connectivity index (χ0) is 12.7. The Kier molecular flexibility index (Phi) is 4.93. The lowest BCUT2D eigenvalue weighted by Crippen LogP contribution is -2.38. The molecule has 17 heavy (non-hydrogen) atoms. The summed E-state index contributed by atoms with van der Waals surface area (Å²) in [7, 11) is 0. The number of carboxylic acid groups (broad SMARTS) is 1. The van der Waals surface area contributed by atoms with Gasteiger partial charge in [-0.05, 0) is 18.6 Å². The summed E-state index contributed by atoms with van der Waals surface area (Å²) < 4.78 is 0. The number of pyridine rings is 1. The van der Waals surface area contributed by atoms with Crippen LogP contribution in [0.5, 0.6) is 0 Å². The Hall–Kier alpha value is -2.11. The number of nitrogens with one attached hydrogen (secondary N) is 2. The Bertz CT molecular complexity index is 381. The maximum atomic E-state index is 11.4. The van der Waals surface area contributed by atoms with E-state index in [0.29, 0.717) is 0 Å². The first kappa shape index (κ1) is 13.0. The molecule has 0 spiro atoms. The number of amides is 2. The Morgan fingerprint density at radius 2 is 2.29 bits per heavy atom. The molecule has 1 unspecified atom stereocenters. The molecule has 0 aliphatic carbocycles. The van der Waals surface area contributed by atoms with Crippen LogP contribution in [0.3, 0.4) is 0 Å². The van der Waals surface area contributed by atoms with Crippen LogP contribution in [-0.4, -0.2) is 28.6 Å². The number of urea groups is 1. The summed E-state index contributed by atoms with van der Waals surface area (Å²) in [6, 6.07) is 3.08. The SMILES string of the molecule is CC(NC(=O)NCCC(=O)O)c1cccnc1. The van der Waals surface area contributed by atoms with Gasteiger partial charge in [-0.15, -0.1) is 0 Å². The second-order valence-electron chi connectivity index (χ2n) is 3.55. The van der Waals surface area contributed by atoms with Crippen molar-refractivity contribution in [2.24, 2.45) is 0 Å². The fraction of sp³-hybridized carbons (Fsp3) is 0.364. The maximum Gasteiger partial charge on any atom is 0.315 e. The van der Waals surface area contributed by atoms with E-state index in [0.717, 1.165) is 5.56 Å². The minimum absolute atomic E-state index is 0.0886. The molecule has 0 bridgehead atoms. The Morgan fingerprint density at radius 1 is 1.53 bits per heavy atom. The molecule has 0 radical (unpaired) electrons. The quantitative estimate of drug-likeness (QED) is 0.710. The molecule has 1 aromatic heterocycles. The minimum atomic E-state index is -0.939. The van der Waals surface area contributed by atoms with Crippen LogP contribution in [0, 0.1) is 0 Å². The molecule has 0 fully saturated rings. The molecule has 6 heteroatoms. The average Bonchev–Trinajstić information content (AvgIpc) is 2.29. The van der Waals surface area contributed by atoms with E-state index in [1.54, 1.807) is 18.5 Å². The van der Waals surface area contributed by atoms with Crippen molar-refractivity contribution in [1.29, 1.82) is 0 Å². The monoisotopic (exact) mass is 237 g/mol. The molecule has 3 N–H and O–H groups in total. The highest BCUT2D eigenvalue weighted by Crippen LogP contribution is 2.08. The van der Waals surface area contributed by atoms with Crippen molar-refractivity contribution in [2.75, 3.05) is 6.54 Å². The minimum Gasteiger partial charge on any atom is -0.481 e. The molecule has 0 aliphatic rings. The van der Waals surface area contributed by atoms with E-state index >= 15 is 0 Å². The average molecular weight is 237 g/mol. The van der Waals surface area contributed by atoms with Crippen LogP contribution in [0.1, 0.15) is 24.9 Å². The predicted molar refractivity (Wildman–Crippen MR) is 61.4 cm³/mol. The Labute approximate surface area is 99.1 Å². The molecule has 6 nitrogen and oxygen atoms in total. The van der Waals surface area contributed by atoms with Crippen LogP contribution >= 0.6 is 0 Å². The van der Waals surface area contributed by atoms with Crippen molar-refractivity contribution in [2.45, 2.75) is 19.4 Å². The van der Waals surface area contributed by atoms with Gasteiger partial charge in [-0.25, -0.2) is 4.79 Å². The van der Waals surface area contributed by atoms with E-state index < -0.39 is 5.97 Å². The van der Waals surface area contributed by atoms with Gasteiger partial charge in [-0.2, -0.15) is 0 Å². The van der Waals surface area contributed by atoms with E-state index in [4.69, 9.17) is 5.11 Å². The van der Waals surface area contributed by atoms with Crippen molar-refractivity contribution in [1.82, 2.24) is 15.6 Å². The van der Waals surface area contributed by atoms with E-state index in [-0.39, 0.29) is 25.0 Å². The van der Waals surface area contributed by atoms with Gasteiger partial charge in [0.1, 0.15) is 0 Å². The van der Waals surface area contributed by atoms with E-state index in [1.807, 2.05) is 13.0 Å². The number of aromatic nitrogens is 1. The molecular weight excluding hydrogens is 222 g/mol. The Balaban J connectivity index is 2.34. The topological polar surface area (TPSA) is 91.3 Å². The number of carboxylic acids is 1. The third kappa shape index (κ3) is 4.96. The number of hydrogen-bond donors (Lipinski definition) is 3. The molecule has 1 rings (SSSR count). The van der Waals surface area contributed by atoms with Crippen LogP contribution in [-0.2, 0) is 4.79 Å². The summed E-state index contributed by atoms with van der Waals surface area (Å²) in [5.41, 5.74) is 0.890. The first-order valence-electron chi connectivity index (χ1n) is 5.25. The van der Waals surface area contributed by atoms with Gasteiger partial charge in [0.15, 0.2) is 0 Å². The van der Waals surface area contributed by atoms with Crippen molar-refractivity contribution in [3.8, 4) is 0 Å². The van der Waals surface area contributed by atoms with E-state index in [1.165, 1.54) is 0 Å². The van der Waals surface area contributed by atoms with Gasteiger partial charge in [-0.1, -0.05) is 6.07 Å². The lowest BCUT2D eigenvalue weighted by molar-refractivity contribution is -0.136. The highest BCUT2D eigenvalue weighted by Gasteiger charge is 2.08. The molecule has 0 saturated carbocycles. The fourth-order valence-corrected chi connectivity index (χ4v) is 1.25. The fourth-order valence-electron chi connectivity index (χ4n) is 1.25. The van der Waals surface area contributed by atoms with Crippen molar-refractivity contribution in [3.05, 3.63) is 30.1 Å². The zero-order valence-corrected chi connectivity index (χ0v) is 9.51. The highest BCUT2D eigenvalue weighted by molar-refractivity contribution is 5.75. The molecule has 1 aromatic rings. The molecule has 0 aromatic carbocycles. The van der Waals surface area contributed by atoms with Gasteiger partial charge in [0.2, 0.25) is 0 Å². The summed E-state index contributed by atoms with van der Waals surface area (Å²) in [5, 5.41) is 13.6. The molecule has 0 saturated heterocycles. The van der Waals surface area contributed by atoms with Crippen LogP contribution < -0.4 is 10.6 Å². The number of aliphatic carboxylic acids is 1. The van der Waals surface area contributed by atoms with E-state index in [9.17, 15) is 9.59 Å². The summed E-state index contributed by atoms with van der Waals surface area (Å²) in [5.74, 6) is -0.939. The molecule has 1 heterocycles. The van der Waals surface area contributed by atoms with Gasteiger partial charge >= 0.3 is 12.0 Å². The summed E-state index contributed by atoms with van der Waals surface area (Å²) in [6.07, 6.45) is 3.24. The van der Waals surface area contributed by atoms with Gasteiger partial charge in [0.05, 0.1) is 12.5 Å². The summed E-state index contributed by atoms with van der Waals surface area (Å²) in [4.78, 5) is 25.6. The van der Waals surface area contributed by atoms with Gasteiger partial charge in [-0.3, -0.25) is 9.78 Å². The highest BCUT2D eigenvalue weighted by atomic mass is 16.4. The molecular formula is C11H15N3O3. The van der Waals surface area contributed by atoms with Crippen LogP contribution in [0.2, 0.25) is 0 Å². The van der Waals surface area contributed by atoms with E-state index in [2.05, 4.69) is 15.6 Å². The first-order chi connectivity index (χ1) is 8.09. The second-order valence-corrected chi connectivity index (χ2v) is 3.55. The number of hydrogen-bond acceptors (Lipinski definition) is 3. The molecule has 2 amide bonds. The normalized spacial score (nSPS) is 11.6. The van der Waals surface area contributed by atoms with Crippen molar-refractivity contribution in [3.63, 3.8) is 0 Å². The lowest BCUT2D eigenvalue weighted by Gasteiger charge is -2.14. The maximum absolute atomic E-state index is 11.4. The van der Waals surface area contributed by atoms with Crippen molar-refractivity contribution < 1.29 is 14.7 Å². The second kappa shape index (κ2) is 6.47. The van der Waals surface area contributed by atoms with Crippen molar-refractivity contribution >= 4 is 12.0 Å². The zero-order valence-electron chi connectivity index (χ0n) is 9.51. The molecule has 92 valence electrons. The van der Waals surface area contributed by atoms with Crippen LogP contribution in [0.15, 0.2) is 24.5 Å². The largest absolute Gasteiger partial charge is 0.481 e. The van der Waals surface area contributed by atoms with Gasteiger partial charge < -0.3 is 15.7 Å². The number of nitrogens with zero attached hydrogens (tertiary/aromatic N) is 1. The van der Waals surface area contributed by atoms with Crippen LogP contribution in [0.25, 0.3) is 0 Å². The lowest BCUT2D eigenvalue weighted by atomic mass is 10.1. The van der Waals surface area contributed by atoms with Crippen LogP contribution in [0.4, 0.5) is 4.79 Å². The smallest absolute Gasteiger partial charge is 0.315 e. The molecule has 1 atom stereocenters. The predicted octanol–water partition coefficient (Wildman–Crippen LogP) is 0.916. The number of carbonyl (C=O) groups excluding carboxylic acids is 1. The third-order valence-electron chi connectivity index (χ3n) is 2.16. The summed E-state index contributed by atoms with van der Waals surface area (Å²) in [6.45, 7) is 1.94. The number of rotatable bonds is 5. The van der Waals surface area contributed by atoms with Gasteiger partial charge in [0.25, 0.3) is 0 Å². The first-order valence-corrected chi connectivity index (χ1v) is 5.25. The van der Waals surface area contributed by atoms with Gasteiger partial charge in [0, 0.05) is 18.9 Å². The molecule has 0 aliphatic heterocycles. The third-order valence-corrected chi connectivity index (χ3v) is 2.16.